The van der Waals surface area contributed by atoms with Crippen LogP contribution in [0.3, 0.4) is 0 Å². The summed E-state index contributed by atoms with van der Waals surface area (Å²) in [7, 11) is 0. The number of aromatic amines is 1. The predicted molar refractivity (Wildman–Crippen MR) is 99.5 cm³/mol. The standard InChI is InChI=1S/C17H13FN4O3S2/c1-9(24-11-4-2-10(18)3-5-11)16-21-22-17(25-16)27-8-13-19-12-6-7-26-14(12)15(23)20-13/h2-7,9H,8H2,1H3,(H,19,20,23)/t9-/m1/s1. The van der Waals surface area contributed by atoms with Gasteiger partial charge in [-0.1, -0.05) is 11.8 Å². The Labute approximate surface area is 160 Å². The fraction of sp³-hybridized carbons (Fsp3) is 0.176. The van der Waals surface area contributed by atoms with Crippen molar-refractivity contribution in [2.45, 2.75) is 24.0 Å². The van der Waals surface area contributed by atoms with Crippen molar-refractivity contribution in [2.75, 3.05) is 0 Å². The van der Waals surface area contributed by atoms with Crippen LogP contribution in [0, 0.1) is 5.82 Å². The van der Waals surface area contributed by atoms with Gasteiger partial charge in [-0.3, -0.25) is 4.79 Å². The molecule has 1 aromatic carbocycles. The highest BCUT2D eigenvalue weighted by molar-refractivity contribution is 7.98. The molecule has 138 valence electrons. The maximum absolute atomic E-state index is 12.9. The van der Waals surface area contributed by atoms with Crippen molar-refractivity contribution in [3.63, 3.8) is 0 Å². The smallest absolute Gasteiger partial charge is 0.277 e. The van der Waals surface area contributed by atoms with Crippen LogP contribution in [0.1, 0.15) is 24.7 Å². The second kappa shape index (κ2) is 7.49. The molecule has 0 saturated heterocycles. The number of hydrogen-bond donors (Lipinski definition) is 1. The lowest BCUT2D eigenvalue weighted by molar-refractivity contribution is 0.181. The molecule has 10 heteroatoms. The van der Waals surface area contributed by atoms with Gasteiger partial charge < -0.3 is 14.1 Å². The molecular formula is C17H13FN4O3S2. The van der Waals surface area contributed by atoms with Gasteiger partial charge >= 0.3 is 0 Å². The molecule has 0 fully saturated rings. The lowest BCUT2D eigenvalue weighted by Gasteiger charge is -2.10. The van der Waals surface area contributed by atoms with E-state index in [-0.39, 0.29) is 11.4 Å². The zero-order chi connectivity index (χ0) is 18.8. The minimum Gasteiger partial charge on any atom is -0.481 e. The van der Waals surface area contributed by atoms with E-state index in [1.807, 2.05) is 11.4 Å². The summed E-state index contributed by atoms with van der Waals surface area (Å²) in [5.74, 6) is 1.39. The van der Waals surface area contributed by atoms with Crippen LogP contribution < -0.4 is 10.3 Å². The zero-order valence-electron chi connectivity index (χ0n) is 14.0. The summed E-state index contributed by atoms with van der Waals surface area (Å²) >= 11 is 2.62. The molecule has 0 aliphatic rings. The molecule has 4 rings (SSSR count). The minimum atomic E-state index is -0.489. The lowest BCUT2D eigenvalue weighted by Crippen LogP contribution is -2.09. The SMILES string of the molecule is C[C@@H](Oc1ccc(F)cc1)c1nnc(SCc2nc3ccsc3c(=O)[nH]2)o1. The van der Waals surface area contributed by atoms with Crippen LogP contribution in [-0.4, -0.2) is 20.2 Å². The Hall–Kier alpha value is -2.72. The number of fused-ring (bicyclic) bond motifs is 1. The molecule has 0 spiro atoms. The van der Waals surface area contributed by atoms with Crippen LogP contribution in [0.4, 0.5) is 4.39 Å². The topological polar surface area (TPSA) is 93.9 Å². The first-order valence-corrected chi connectivity index (χ1v) is 9.80. The minimum absolute atomic E-state index is 0.155. The van der Waals surface area contributed by atoms with Crippen molar-refractivity contribution in [1.29, 1.82) is 0 Å². The summed E-state index contributed by atoms with van der Waals surface area (Å²) in [6.45, 7) is 1.76. The third-order valence-electron chi connectivity index (χ3n) is 3.59. The Morgan fingerprint density at radius 2 is 2.11 bits per heavy atom. The summed E-state index contributed by atoms with van der Waals surface area (Å²) in [6.07, 6.45) is -0.489. The van der Waals surface area contributed by atoms with Gasteiger partial charge in [0.25, 0.3) is 16.7 Å². The summed E-state index contributed by atoms with van der Waals surface area (Å²) in [5.41, 5.74) is 0.519. The first-order chi connectivity index (χ1) is 13.1. The fourth-order valence-electron chi connectivity index (χ4n) is 2.33. The number of halogens is 1. The van der Waals surface area contributed by atoms with E-state index in [4.69, 9.17) is 9.15 Å². The molecule has 0 aliphatic carbocycles. The van der Waals surface area contributed by atoms with E-state index in [2.05, 4.69) is 20.2 Å². The molecule has 1 atom stereocenters. The third kappa shape index (κ3) is 4.01. The van der Waals surface area contributed by atoms with Crippen LogP contribution in [-0.2, 0) is 5.75 Å². The number of aromatic nitrogens is 4. The van der Waals surface area contributed by atoms with Gasteiger partial charge in [0.15, 0.2) is 6.10 Å². The Balaban J connectivity index is 1.41. The molecule has 0 radical (unpaired) electrons. The normalized spacial score (nSPS) is 12.4. The number of thiophene rings is 1. The number of thioether (sulfide) groups is 1. The molecule has 3 heterocycles. The van der Waals surface area contributed by atoms with Crippen LogP contribution in [0.15, 0.2) is 50.1 Å². The van der Waals surface area contributed by atoms with E-state index < -0.39 is 6.10 Å². The maximum Gasteiger partial charge on any atom is 0.277 e. The van der Waals surface area contributed by atoms with Crippen molar-refractivity contribution in [3.8, 4) is 5.75 Å². The highest BCUT2D eigenvalue weighted by atomic mass is 32.2. The number of hydrogen-bond acceptors (Lipinski definition) is 8. The Kier molecular flexibility index (Phi) is 4.90. The fourth-order valence-corrected chi connectivity index (χ4v) is 3.70. The lowest BCUT2D eigenvalue weighted by atomic mass is 10.3. The van der Waals surface area contributed by atoms with Crippen LogP contribution in [0.2, 0.25) is 0 Å². The molecule has 3 aromatic heterocycles. The number of benzene rings is 1. The third-order valence-corrected chi connectivity index (χ3v) is 5.32. The molecule has 0 unspecified atom stereocenters. The van der Waals surface area contributed by atoms with E-state index in [0.717, 1.165) is 0 Å². The van der Waals surface area contributed by atoms with Crippen molar-refractivity contribution in [1.82, 2.24) is 20.2 Å². The van der Waals surface area contributed by atoms with Gasteiger partial charge in [0.05, 0.1) is 11.3 Å². The molecule has 0 aliphatic heterocycles. The average Bonchev–Trinajstić information content (AvgIpc) is 3.31. The van der Waals surface area contributed by atoms with Crippen molar-refractivity contribution in [2.24, 2.45) is 0 Å². The number of rotatable bonds is 6. The number of H-pyrrole nitrogens is 1. The van der Waals surface area contributed by atoms with E-state index in [1.54, 1.807) is 6.92 Å². The highest BCUT2D eigenvalue weighted by Crippen LogP contribution is 2.25. The molecule has 0 saturated carbocycles. The molecule has 7 nitrogen and oxygen atoms in total. The van der Waals surface area contributed by atoms with Crippen LogP contribution in [0.5, 0.6) is 5.75 Å². The first kappa shape index (κ1) is 17.7. The van der Waals surface area contributed by atoms with E-state index in [0.29, 0.717) is 38.7 Å². The number of ether oxygens (including phenoxy) is 1. The van der Waals surface area contributed by atoms with Crippen molar-refractivity contribution in [3.05, 3.63) is 63.6 Å². The molecule has 1 N–H and O–H groups in total. The van der Waals surface area contributed by atoms with E-state index in [9.17, 15) is 9.18 Å². The van der Waals surface area contributed by atoms with Gasteiger partial charge in [0, 0.05) is 0 Å². The molecule has 4 aromatic rings. The van der Waals surface area contributed by atoms with E-state index >= 15 is 0 Å². The summed E-state index contributed by atoms with van der Waals surface area (Å²) in [6, 6.07) is 7.49. The molecule has 0 bridgehead atoms. The van der Waals surface area contributed by atoms with Gasteiger partial charge in [0.1, 0.15) is 22.1 Å². The molecule has 0 amide bonds. The monoisotopic (exact) mass is 404 g/mol. The molecule has 27 heavy (non-hydrogen) atoms. The largest absolute Gasteiger partial charge is 0.481 e. The van der Waals surface area contributed by atoms with Gasteiger partial charge in [-0.2, -0.15) is 0 Å². The maximum atomic E-state index is 12.9. The van der Waals surface area contributed by atoms with E-state index in [1.165, 1.54) is 47.4 Å². The van der Waals surface area contributed by atoms with Crippen LogP contribution >= 0.6 is 23.1 Å². The quantitative estimate of drug-likeness (QED) is 0.487. The van der Waals surface area contributed by atoms with Crippen LogP contribution in [0.25, 0.3) is 10.2 Å². The highest BCUT2D eigenvalue weighted by Gasteiger charge is 2.16. The second-order valence-electron chi connectivity index (χ2n) is 5.56. The summed E-state index contributed by atoms with van der Waals surface area (Å²) < 4.78 is 24.8. The van der Waals surface area contributed by atoms with Gasteiger partial charge in [-0.05, 0) is 42.6 Å². The predicted octanol–water partition coefficient (Wildman–Crippen LogP) is 3.94. The Bertz CT molecular complexity index is 1120. The number of nitrogens with zero attached hydrogens (tertiary/aromatic N) is 3. The second-order valence-corrected chi connectivity index (χ2v) is 7.40. The van der Waals surface area contributed by atoms with Gasteiger partial charge in [0.2, 0.25) is 0 Å². The first-order valence-electron chi connectivity index (χ1n) is 7.93. The Morgan fingerprint density at radius 1 is 1.30 bits per heavy atom. The van der Waals surface area contributed by atoms with Gasteiger partial charge in [-0.25, -0.2) is 9.37 Å². The van der Waals surface area contributed by atoms with Crippen molar-refractivity contribution >= 4 is 33.3 Å². The number of nitrogens with one attached hydrogen (secondary N) is 1. The molecular weight excluding hydrogens is 391 g/mol. The zero-order valence-corrected chi connectivity index (χ0v) is 15.6. The summed E-state index contributed by atoms with van der Waals surface area (Å²) in [4.78, 5) is 19.1. The summed E-state index contributed by atoms with van der Waals surface area (Å²) in [5, 5.41) is 10.1. The average molecular weight is 404 g/mol. The van der Waals surface area contributed by atoms with Crippen molar-refractivity contribution < 1.29 is 13.5 Å². The Morgan fingerprint density at radius 3 is 2.93 bits per heavy atom. The van der Waals surface area contributed by atoms with Gasteiger partial charge in [-0.15, -0.1) is 21.5 Å².